The van der Waals surface area contributed by atoms with Crippen molar-refractivity contribution in [2.24, 2.45) is 4.99 Å². The van der Waals surface area contributed by atoms with Crippen molar-refractivity contribution in [3.8, 4) is 34.5 Å². The molecule has 10 aromatic carbocycles. The standard InChI is InChI=1S/C51H51N3O9S2.C50H50N4O6S.Na.O3S.H/c1-30-18-39-36(26-47(65(58,59)60)43-23-35-11-7-9-13-42(35)54(43)50(39)57)25-44(30)62-28-31-19-32(21-38(20-31)52(4)48(55)16-17-51(2,3)64)29-63-46-24-33-14-15-37-22-34-10-6-8-12-41(34)53(37)49(56)40(33)27-45(46)61-5;1-30-18-40-41(51-27-38-23-35-11-7-9-13-43(35)54(38)49(40)57)26-44(30)59-28-31-19-32(21-37(20-31)52(4)47(55)16-17-50(2,3)61)29-60-46-24-33-14-15-36-22-34-10-6-8-12-42(34)53(36)48(56)39(33)25-45(46)58-5;;1-4(2)3;/h6-13,18-21,24-27,37,43,64H,14-17,22-23,28-29H2,1-5H3,(H,58,59,60);6-13,18-21,24-27,36,38,61H,14-17,22-23,28-29H2,1-5H3;;;/q;;+1;;-1/t37-,43+;36-,38+;;;/m11.../s1. The van der Waals surface area contributed by atoms with Crippen molar-refractivity contribution in [1.82, 2.24) is 0 Å². The van der Waals surface area contributed by atoms with Crippen LogP contribution in [0.2, 0.25) is 0 Å². The number of aryl methyl sites for hydroxylation is 4. The molecule has 0 fully saturated rings. The van der Waals surface area contributed by atoms with E-state index in [4.69, 9.17) is 46.0 Å². The molecule has 30 heteroatoms. The van der Waals surface area contributed by atoms with Gasteiger partial charge >= 0.3 is 40.2 Å². The summed E-state index contributed by atoms with van der Waals surface area (Å²) in [4.78, 5) is 98.3. The Balaban J connectivity index is 0.000000202. The zero-order chi connectivity index (χ0) is 92.1. The van der Waals surface area contributed by atoms with Gasteiger partial charge in [-0.1, -0.05) is 100 Å². The molecule has 0 saturated carbocycles. The third-order valence-corrected chi connectivity index (χ3v) is 26.7. The second kappa shape index (κ2) is 38.7. The van der Waals surface area contributed by atoms with Gasteiger partial charge in [-0.05, 0) is 247 Å². The van der Waals surface area contributed by atoms with Crippen LogP contribution < -0.4 is 87.4 Å². The topological polar surface area (TPSA) is 295 Å². The van der Waals surface area contributed by atoms with Crippen LogP contribution in [0.5, 0.6) is 34.5 Å². The van der Waals surface area contributed by atoms with E-state index in [9.17, 15) is 41.7 Å². The smallest absolute Gasteiger partial charge is 1.00 e. The fraction of sp³-hybridized carbons (Fsp3) is 0.317. The number of benzene rings is 10. The number of methoxy groups -OCH3 is 2. The average Bonchev–Trinajstić information content (AvgIpc) is 1.62. The predicted molar refractivity (Wildman–Crippen MR) is 508 cm³/mol. The fourth-order valence-electron chi connectivity index (χ4n) is 18.6. The summed E-state index contributed by atoms with van der Waals surface area (Å²) in [6.45, 7) is 12.2. The summed E-state index contributed by atoms with van der Waals surface area (Å²) in [5.41, 5.74) is 18.4. The maximum Gasteiger partial charge on any atom is 1.00 e. The molecule has 0 aromatic heterocycles. The Morgan fingerprint density at radius 3 is 1.28 bits per heavy atom. The molecule has 25 nitrogen and oxygen atoms in total. The molecule has 8 heterocycles. The maximum absolute atomic E-state index is 14.2. The van der Waals surface area contributed by atoms with Gasteiger partial charge in [0, 0.05) is 124 Å². The van der Waals surface area contributed by atoms with Crippen molar-refractivity contribution >= 4 is 134 Å². The number of rotatable bonds is 23. The van der Waals surface area contributed by atoms with Gasteiger partial charge in [0.05, 0.1) is 42.5 Å². The van der Waals surface area contributed by atoms with E-state index >= 15 is 0 Å². The van der Waals surface area contributed by atoms with Crippen LogP contribution in [0.1, 0.15) is 181 Å². The monoisotopic (exact) mass is 1850 g/mol. The number of anilines is 6. The molecule has 0 bridgehead atoms. The minimum atomic E-state index is -4.70. The molecule has 18 rings (SSSR count). The van der Waals surface area contributed by atoms with Gasteiger partial charge in [0.1, 0.15) is 37.9 Å². The molecule has 4 atom stereocenters. The zero-order valence-corrected chi connectivity index (χ0v) is 80.2. The van der Waals surface area contributed by atoms with Gasteiger partial charge < -0.3 is 49.4 Å². The van der Waals surface area contributed by atoms with Crippen molar-refractivity contribution < 1.29 is 114 Å². The Morgan fingerprint density at radius 2 is 0.855 bits per heavy atom. The summed E-state index contributed by atoms with van der Waals surface area (Å²) in [5.74, 6) is 2.30. The first-order chi connectivity index (χ1) is 62.0. The molecule has 6 amide bonds. The van der Waals surface area contributed by atoms with Gasteiger partial charge in [-0.3, -0.25) is 48.1 Å². The number of amides is 6. The number of thiol groups is 2. The van der Waals surface area contributed by atoms with Crippen LogP contribution in [0.3, 0.4) is 0 Å². The van der Waals surface area contributed by atoms with Gasteiger partial charge in [-0.25, -0.2) is 0 Å². The molecule has 0 saturated heterocycles. The third kappa shape index (κ3) is 20.3. The summed E-state index contributed by atoms with van der Waals surface area (Å²) in [6, 6.07) is 56.6. The molecule has 8 aliphatic rings. The van der Waals surface area contributed by atoms with Crippen molar-refractivity contribution in [3.63, 3.8) is 0 Å². The molecular weight excluding hydrogens is 1750 g/mol. The number of carbonyl (C=O) groups is 6. The third-order valence-electron chi connectivity index (χ3n) is 25.2. The quantitative estimate of drug-likeness (QED) is 0.0304. The molecule has 0 spiro atoms. The van der Waals surface area contributed by atoms with Crippen molar-refractivity contribution in [1.29, 1.82) is 0 Å². The van der Waals surface area contributed by atoms with Crippen molar-refractivity contribution in [2.45, 2.75) is 179 Å². The van der Waals surface area contributed by atoms with Crippen LogP contribution in [0.15, 0.2) is 192 Å². The summed E-state index contributed by atoms with van der Waals surface area (Å²) in [5, 5.41) is 0. The van der Waals surface area contributed by atoms with Gasteiger partial charge in [-0.2, -0.15) is 33.7 Å². The minimum absolute atomic E-state index is 0. The predicted octanol–water partition coefficient (Wildman–Crippen LogP) is 14.5. The summed E-state index contributed by atoms with van der Waals surface area (Å²) >= 11 is 9.26. The van der Waals surface area contributed by atoms with Crippen LogP contribution in [-0.4, -0.2) is 129 Å². The van der Waals surface area contributed by atoms with E-state index < -0.39 is 26.8 Å². The zero-order valence-electron chi connectivity index (χ0n) is 75.8. The number of para-hydroxylation sites is 4. The van der Waals surface area contributed by atoms with Gasteiger partial charge in [0.25, 0.3) is 33.7 Å². The summed E-state index contributed by atoms with van der Waals surface area (Å²) in [6.07, 6.45) is 10.7. The van der Waals surface area contributed by atoms with Crippen LogP contribution in [-0.2, 0) is 95.3 Å². The Kier molecular flexibility index (Phi) is 27.8. The molecule has 131 heavy (non-hydrogen) atoms. The first-order valence-corrected chi connectivity index (χ1v) is 46.5. The Bertz CT molecular complexity index is 6570. The fourth-order valence-corrected chi connectivity index (χ4v) is 19.6. The number of hydrogen-bond acceptors (Lipinski definition) is 20. The largest absolute Gasteiger partial charge is 1.00 e. The minimum Gasteiger partial charge on any atom is -1.00 e. The Labute approximate surface area is 798 Å². The van der Waals surface area contributed by atoms with Crippen LogP contribution in [0.25, 0.3) is 6.08 Å². The summed E-state index contributed by atoms with van der Waals surface area (Å²) in [7, 11) is -1.17. The molecular formula is C101H102N7NaO18S4. The van der Waals surface area contributed by atoms with E-state index in [1.807, 2.05) is 196 Å². The maximum atomic E-state index is 14.2. The SMILES string of the molecule is COc1cc2c(cc1OCc1cc(COc3cc4c(cc3C)C(=O)N3c5ccccc5C[C@H]3C(S(=O)(=O)O)=C4)cc(N(C)C(=O)CCC(C)(C)S)c1)CC[C@@H]1Cc3ccccc3N1C2=O.COc1cc2c(cc1OCc1cc(COc3cc4c(cc3C)C(=O)N3c5ccccc5C[C@H]3C=N4)cc(N(C)C(=O)CCC(C)(C)S)c1)CC[C@@H]1Cc3ccccc3N1C2=O.O=S(=O)=O.[H-].[Na+]. The van der Waals surface area contributed by atoms with Gasteiger partial charge in [-0.15, -0.1) is 12.6 Å². The van der Waals surface area contributed by atoms with Gasteiger partial charge in [0.2, 0.25) is 11.8 Å². The van der Waals surface area contributed by atoms with E-state index in [0.717, 1.165) is 100 Å². The molecule has 10 aromatic rings. The molecule has 0 unspecified atom stereocenters. The summed E-state index contributed by atoms with van der Waals surface area (Å²) < 4.78 is 98.4. The van der Waals surface area contributed by atoms with E-state index in [2.05, 4.69) is 43.5 Å². The van der Waals surface area contributed by atoms with Gasteiger partial charge in [0.15, 0.2) is 23.0 Å². The van der Waals surface area contributed by atoms with E-state index in [0.29, 0.717) is 116 Å². The van der Waals surface area contributed by atoms with E-state index in [-0.39, 0.29) is 144 Å². The van der Waals surface area contributed by atoms with Crippen LogP contribution >= 0.6 is 25.3 Å². The number of ether oxygens (including phenoxy) is 6. The normalized spacial score (nSPS) is 16.9. The first-order valence-electron chi connectivity index (χ1n) is 43.2. The average molecular weight is 1850 g/mol. The number of hydrogen-bond donors (Lipinski definition) is 3. The van der Waals surface area contributed by atoms with E-state index in [1.54, 1.807) is 68.4 Å². The molecule has 8 aliphatic heterocycles. The first kappa shape index (κ1) is 94.1. The molecule has 0 aliphatic carbocycles. The number of fused-ring (bicyclic) bond motifs is 16. The molecule has 1 N–H and O–H groups in total. The second-order valence-corrected chi connectivity index (χ2v) is 39.6. The number of aliphatic imine (C=N–C) groups is 1. The number of carbonyl (C=O) groups excluding carboxylic acids is 6. The van der Waals surface area contributed by atoms with Crippen LogP contribution in [0.4, 0.5) is 39.8 Å². The van der Waals surface area contributed by atoms with Crippen molar-refractivity contribution in [3.05, 3.63) is 281 Å². The van der Waals surface area contributed by atoms with E-state index in [1.165, 1.54) is 22.1 Å². The molecule has 674 valence electrons. The number of nitrogens with zero attached hydrogens (tertiary/aromatic N) is 7. The van der Waals surface area contributed by atoms with Crippen LogP contribution in [0, 0.1) is 13.8 Å². The second-order valence-electron chi connectivity index (χ2n) is 35.4. The Hall–Kier alpha value is -11.5. The Morgan fingerprint density at radius 1 is 0.481 bits per heavy atom. The molecule has 0 radical (unpaired) electrons. The van der Waals surface area contributed by atoms with Crippen molar-refractivity contribution in [2.75, 3.05) is 57.7 Å².